The van der Waals surface area contributed by atoms with E-state index < -0.39 is 0 Å². The second-order valence-electron chi connectivity index (χ2n) is 5.85. The van der Waals surface area contributed by atoms with Crippen molar-refractivity contribution in [2.45, 2.75) is 44.7 Å². The maximum absolute atomic E-state index is 12.3. The molecule has 120 valence electrons. The van der Waals surface area contributed by atoms with Crippen LogP contribution in [0, 0.1) is 0 Å². The van der Waals surface area contributed by atoms with Gasteiger partial charge in [0, 0.05) is 23.8 Å². The summed E-state index contributed by atoms with van der Waals surface area (Å²) in [7, 11) is 0. The first-order valence-corrected chi connectivity index (χ1v) is 8.78. The van der Waals surface area contributed by atoms with E-state index in [9.17, 15) is 4.79 Å². The van der Waals surface area contributed by atoms with Crippen LogP contribution >= 0.6 is 11.3 Å². The molecule has 1 saturated carbocycles. The van der Waals surface area contributed by atoms with Gasteiger partial charge in [0.05, 0.1) is 6.54 Å². The molecule has 0 aromatic carbocycles. The van der Waals surface area contributed by atoms with Gasteiger partial charge in [0.2, 0.25) is 0 Å². The number of hydrogen-bond donors (Lipinski definition) is 1. The Bertz CT molecular complexity index is 784. The average Bonchev–Trinajstić information content (AvgIpc) is 3.28. The van der Waals surface area contributed by atoms with Gasteiger partial charge in [-0.1, -0.05) is 19.3 Å². The van der Waals surface area contributed by atoms with Gasteiger partial charge >= 0.3 is 0 Å². The van der Waals surface area contributed by atoms with Gasteiger partial charge in [-0.05, 0) is 12.8 Å². The number of fused-ring (bicyclic) bond motifs is 1. The Morgan fingerprint density at radius 2 is 2.22 bits per heavy atom. The van der Waals surface area contributed by atoms with Crippen molar-refractivity contribution in [2.24, 2.45) is 0 Å². The van der Waals surface area contributed by atoms with E-state index in [1.807, 2.05) is 16.0 Å². The molecule has 0 bridgehead atoms. The summed E-state index contributed by atoms with van der Waals surface area (Å²) >= 11 is 1.51. The van der Waals surface area contributed by atoms with E-state index in [1.165, 1.54) is 30.6 Å². The van der Waals surface area contributed by atoms with E-state index in [-0.39, 0.29) is 5.91 Å². The van der Waals surface area contributed by atoms with Crippen LogP contribution < -0.4 is 5.32 Å². The van der Waals surface area contributed by atoms with E-state index in [2.05, 4.69) is 25.1 Å². The standard InChI is InChI=1S/C15H18N6OS/c22-14(12-9-20-6-7-23-15(20)18-12)16-8-13-19-17-10-21(13)11-4-2-1-3-5-11/h6-7,9-11H,1-5,8H2,(H,16,22). The lowest BCUT2D eigenvalue weighted by Gasteiger charge is -2.23. The Balaban J connectivity index is 1.43. The van der Waals surface area contributed by atoms with Gasteiger partial charge < -0.3 is 9.88 Å². The van der Waals surface area contributed by atoms with Gasteiger partial charge in [-0.25, -0.2) is 4.98 Å². The molecule has 0 spiro atoms. The molecule has 0 atom stereocenters. The van der Waals surface area contributed by atoms with E-state index in [0.717, 1.165) is 23.6 Å². The third kappa shape index (κ3) is 2.86. The smallest absolute Gasteiger partial charge is 0.271 e. The van der Waals surface area contributed by atoms with Crippen LogP contribution in [0.5, 0.6) is 0 Å². The van der Waals surface area contributed by atoms with Crippen LogP contribution in [0.3, 0.4) is 0 Å². The summed E-state index contributed by atoms with van der Waals surface area (Å²) in [6.07, 6.45) is 11.6. The number of aromatic nitrogens is 5. The highest BCUT2D eigenvalue weighted by molar-refractivity contribution is 7.15. The number of nitrogens with one attached hydrogen (secondary N) is 1. The minimum Gasteiger partial charge on any atom is -0.343 e. The summed E-state index contributed by atoms with van der Waals surface area (Å²) in [4.78, 5) is 17.4. The second-order valence-corrected chi connectivity index (χ2v) is 6.72. The highest BCUT2D eigenvalue weighted by Crippen LogP contribution is 2.28. The fraction of sp³-hybridized carbons (Fsp3) is 0.467. The molecule has 7 nitrogen and oxygen atoms in total. The molecule has 0 saturated heterocycles. The molecule has 3 aromatic heterocycles. The van der Waals surface area contributed by atoms with E-state index in [4.69, 9.17) is 0 Å². The van der Waals surface area contributed by atoms with Crippen LogP contribution in [0.2, 0.25) is 0 Å². The molecule has 0 unspecified atom stereocenters. The lowest BCUT2D eigenvalue weighted by atomic mass is 9.95. The Morgan fingerprint density at radius 3 is 3.04 bits per heavy atom. The number of imidazole rings is 1. The van der Waals surface area contributed by atoms with E-state index >= 15 is 0 Å². The van der Waals surface area contributed by atoms with Crippen molar-refractivity contribution in [2.75, 3.05) is 0 Å². The van der Waals surface area contributed by atoms with Crippen LogP contribution in [-0.4, -0.2) is 30.1 Å². The van der Waals surface area contributed by atoms with Crippen LogP contribution in [0.1, 0.15) is 54.5 Å². The number of rotatable bonds is 4. The molecule has 0 aliphatic heterocycles. The zero-order valence-electron chi connectivity index (χ0n) is 12.7. The quantitative estimate of drug-likeness (QED) is 0.797. The maximum atomic E-state index is 12.3. The predicted molar refractivity (Wildman–Crippen MR) is 86.4 cm³/mol. The van der Waals surface area contributed by atoms with Crippen molar-refractivity contribution in [1.29, 1.82) is 0 Å². The molecule has 4 rings (SSSR count). The molecular weight excluding hydrogens is 312 g/mol. The Morgan fingerprint density at radius 1 is 1.35 bits per heavy atom. The monoisotopic (exact) mass is 330 g/mol. The van der Waals surface area contributed by atoms with Gasteiger partial charge in [-0.15, -0.1) is 21.5 Å². The normalized spacial score (nSPS) is 16.0. The summed E-state index contributed by atoms with van der Waals surface area (Å²) in [6.45, 7) is 0.376. The second kappa shape index (κ2) is 6.11. The summed E-state index contributed by atoms with van der Waals surface area (Å²) in [6, 6.07) is 0.462. The number of carbonyl (C=O) groups excluding carboxylic acids is 1. The third-order valence-electron chi connectivity index (χ3n) is 4.35. The van der Waals surface area contributed by atoms with Gasteiger partial charge in [-0.2, -0.15) is 0 Å². The lowest BCUT2D eigenvalue weighted by molar-refractivity contribution is 0.0944. The zero-order chi connectivity index (χ0) is 15.6. The number of hydrogen-bond acceptors (Lipinski definition) is 5. The first-order chi connectivity index (χ1) is 11.3. The average molecular weight is 330 g/mol. The van der Waals surface area contributed by atoms with Gasteiger partial charge in [-0.3, -0.25) is 9.20 Å². The Hall–Kier alpha value is -2.22. The van der Waals surface area contributed by atoms with Crippen molar-refractivity contribution in [3.8, 4) is 0 Å². The molecule has 3 heterocycles. The van der Waals surface area contributed by atoms with E-state index in [1.54, 1.807) is 12.5 Å². The first kappa shape index (κ1) is 14.4. The fourth-order valence-corrected chi connectivity index (χ4v) is 3.84. The molecule has 8 heteroatoms. The third-order valence-corrected chi connectivity index (χ3v) is 5.12. The van der Waals surface area contributed by atoms with Crippen molar-refractivity contribution in [3.05, 3.63) is 35.6 Å². The van der Waals surface area contributed by atoms with Crippen molar-refractivity contribution in [1.82, 2.24) is 29.5 Å². The molecule has 1 fully saturated rings. The Labute approximate surface area is 137 Å². The number of amides is 1. The lowest BCUT2D eigenvalue weighted by Crippen LogP contribution is -2.26. The van der Waals surface area contributed by atoms with Crippen LogP contribution in [0.15, 0.2) is 24.1 Å². The minimum absolute atomic E-state index is 0.181. The maximum Gasteiger partial charge on any atom is 0.271 e. The number of thiazole rings is 1. The number of nitrogens with zero attached hydrogens (tertiary/aromatic N) is 5. The topological polar surface area (TPSA) is 77.1 Å². The predicted octanol–water partition coefficient (Wildman–Crippen LogP) is 2.42. The summed E-state index contributed by atoms with van der Waals surface area (Å²) in [5.74, 6) is 0.630. The molecular formula is C15H18N6OS. The van der Waals surface area contributed by atoms with Gasteiger partial charge in [0.1, 0.15) is 12.0 Å². The molecule has 1 aliphatic rings. The SMILES string of the molecule is O=C(NCc1nncn1C1CCCCC1)c1cn2ccsc2n1. The molecule has 1 amide bonds. The molecule has 3 aromatic rings. The summed E-state index contributed by atoms with van der Waals surface area (Å²) in [5.41, 5.74) is 0.431. The van der Waals surface area contributed by atoms with Crippen LogP contribution in [0.4, 0.5) is 0 Å². The molecule has 1 aliphatic carbocycles. The minimum atomic E-state index is -0.181. The summed E-state index contributed by atoms with van der Waals surface area (Å²) < 4.78 is 3.97. The zero-order valence-corrected chi connectivity index (χ0v) is 13.5. The van der Waals surface area contributed by atoms with Gasteiger partial charge in [0.25, 0.3) is 5.91 Å². The Kier molecular flexibility index (Phi) is 3.82. The van der Waals surface area contributed by atoms with Crippen molar-refractivity contribution in [3.63, 3.8) is 0 Å². The highest BCUT2D eigenvalue weighted by Gasteiger charge is 2.19. The van der Waals surface area contributed by atoms with Crippen LogP contribution in [0.25, 0.3) is 4.96 Å². The number of carbonyl (C=O) groups is 1. The van der Waals surface area contributed by atoms with E-state index in [0.29, 0.717) is 18.3 Å². The van der Waals surface area contributed by atoms with Gasteiger partial charge in [0.15, 0.2) is 10.8 Å². The summed E-state index contributed by atoms with van der Waals surface area (Å²) in [5, 5.41) is 13.0. The largest absolute Gasteiger partial charge is 0.343 e. The fourth-order valence-electron chi connectivity index (χ4n) is 3.14. The first-order valence-electron chi connectivity index (χ1n) is 7.90. The highest BCUT2D eigenvalue weighted by atomic mass is 32.1. The molecule has 23 heavy (non-hydrogen) atoms. The van der Waals surface area contributed by atoms with Crippen LogP contribution in [-0.2, 0) is 6.54 Å². The van der Waals surface area contributed by atoms with Crippen molar-refractivity contribution >= 4 is 22.2 Å². The van der Waals surface area contributed by atoms with Crippen molar-refractivity contribution < 1.29 is 4.79 Å². The molecule has 0 radical (unpaired) electrons. The molecule has 1 N–H and O–H groups in total.